The minimum Gasteiger partial charge on any atom is -0.481 e. The molecule has 1 atom stereocenters. The molecule has 0 aliphatic rings. The molecule has 4 nitrogen and oxygen atoms in total. The van der Waals surface area contributed by atoms with E-state index in [4.69, 9.17) is 16.3 Å². The quantitative estimate of drug-likeness (QED) is 0.763. The van der Waals surface area contributed by atoms with Crippen LogP contribution in [0, 0.1) is 0 Å². The van der Waals surface area contributed by atoms with Crippen molar-refractivity contribution in [3.05, 3.63) is 59.1 Å². The Bertz CT molecular complexity index is 678. The van der Waals surface area contributed by atoms with E-state index in [-0.39, 0.29) is 11.7 Å². The molecule has 1 amide bonds. The Morgan fingerprint density at radius 1 is 1.04 bits per heavy atom. The summed E-state index contributed by atoms with van der Waals surface area (Å²) in [7, 11) is 0. The maximum absolute atomic E-state index is 12.1. The largest absolute Gasteiger partial charge is 0.481 e. The van der Waals surface area contributed by atoms with E-state index < -0.39 is 12.7 Å². The van der Waals surface area contributed by atoms with Gasteiger partial charge >= 0.3 is 6.61 Å². The number of rotatable bonds is 8. The van der Waals surface area contributed by atoms with Crippen LogP contribution >= 0.6 is 11.6 Å². The summed E-state index contributed by atoms with van der Waals surface area (Å²) in [6.45, 7) is -0.782. The maximum Gasteiger partial charge on any atom is 0.387 e. The molecule has 0 heterocycles. The number of alkyl halides is 2. The second-order valence-corrected chi connectivity index (χ2v) is 5.71. The van der Waals surface area contributed by atoms with Crippen LogP contribution in [0.2, 0.25) is 5.02 Å². The van der Waals surface area contributed by atoms with Crippen LogP contribution in [-0.2, 0) is 11.2 Å². The Labute approximate surface area is 149 Å². The highest BCUT2D eigenvalue weighted by molar-refractivity contribution is 6.30. The van der Waals surface area contributed by atoms with Crippen LogP contribution in [0.4, 0.5) is 8.78 Å². The lowest BCUT2D eigenvalue weighted by molar-refractivity contribution is -0.127. The SMILES string of the molecule is CC(Oc1ccc(Cl)cc1)C(=O)NCCc1ccc(OC(F)F)cc1. The molecule has 0 radical (unpaired) electrons. The number of benzene rings is 2. The summed E-state index contributed by atoms with van der Waals surface area (Å²) in [5, 5.41) is 3.36. The van der Waals surface area contributed by atoms with Crippen LogP contribution in [0.3, 0.4) is 0 Å². The molecule has 1 N–H and O–H groups in total. The molecule has 0 aliphatic heterocycles. The zero-order chi connectivity index (χ0) is 18.2. The molecule has 2 aromatic rings. The van der Waals surface area contributed by atoms with E-state index in [1.54, 1.807) is 43.3 Å². The minimum absolute atomic E-state index is 0.104. The summed E-state index contributed by atoms with van der Waals surface area (Å²) in [6.07, 6.45) is -0.0862. The van der Waals surface area contributed by atoms with Crippen LogP contribution in [0.5, 0.6) is 11.5 Å². The van der Waals surface area contributed by atoms with Gasteiger partial charge < -0.3 is 14.8 Å². The highest BCUT2D eigenvalue weighted by Gasteiger charge is 2.14. The fourth-order valence-electron chi connectivity index (χ4n) is 2.08. The second-order valence-electron chi connectivity index (χ2n) is 5.28. The Morgan fingerprint density at radius 3 is 2.20 bits per heavy atom. The van der Waals surface area contributed by atoms with E-state index >= 15 is 0 Å². The smallest absolute Gasteiger partial charge is 0.387 e. The monoisotopic (exact) mass is 369 g/mol. The lowest BCUT2D eigenvalue weighted by Crippen LogP contribution is -2.37. The third-order valence-corrected chi connectivity index (χ3v) is 3.61. The van der Waals surface area contributed by atoms with E-state index in [9.17, 15) is 13.6 Å². The van der Waals surface area contributed by atoms with Gasteiger partial charge in [-0.25, -0.2) is 0 Å². The molecule has 0 saturated heterocycles. The lowest BCUT2D eigenvalue weighted by Gasteiger charge is -2.15. The summed E-state index contributed by atoms with van der Waals surface area (Å²) in [5.74, 6) is 0.419. The molecule has 2 aromatic carbocycles. The van der Waals surface area contributed by atoms with Gasteiger partial charge in [-0.15, -0.1) is 0 Å². The van der Waals surface area contributed by atoms with Crippen molar-refractivity contribution < 1.29 is 23.0 Å². The molecule has 0 aliphatic carbocycles. The number of carbonyl (C=O) groups is 1. The summed E-state index contributed by atoms with van der Waals surface area (Å²) in [6, 6.07) is 13.0. The molecule has 0 fully saturated rings. The average molecular weight is 370 g/mol. The van der Waals surface area contributed by atoms with Crippen LogP contribution in [0.25, 0.3) is 0 Å². The molecule has 0 spiro atoms. The van der Waals surface area contributed by atoms with Crippen molar-refractivity contribution in [3.63, 3.8) is 0 Å². The van der Waals surface area contributed by atoms with Gasteiger partial charge in [-0.2, -0.15) is 8.78 Å². The molecule has 0 aromatic heterocycles. The highest BCUT2D eigenvalue weighted by Crippen LogP contribution is 2.17. The zero-order valence-electron chi connectivity index (χ0n) is 13.5. The predicted octanol–water partition coefficient (Wildman–Crippen LogP) is 4.07. The number of hydrogen-bond donors (Lipinski definition) is 1. The van der Waals surface area contributed by atoms with Gasteiger partial charge in [0.15, 0.2) is 6.10 Å². The first-order chi connectivity index (χ1) is 11.9. The molecular formula is C18H18ClF2NO3. The normalized spacial score (nSPS) is 11.9. The first kappa shape index (κ1) is 19.0. The van der Waals surface area contributed by atoms with Crippen LogP contribution in [0.1, 0.15) is 12.5 Å². The standard InChI is InChI=1S/C18H18ClF2NO3/c1-12(24-15-8-4-14(19)5-9-15)17(23)22-11-10-13-2-6-16(7-3-13)25-18(20)21/h2-9,12,18H,10-11H2,1H3,(H,22,23). The van der Waals surface area contributed by atoms with Gasteiger partial charge in [0.1, 0.15) is 11.5 Å². The minimum atomic E-state index is -2.84. The van der Waals surface area contributed by atoms with Gasteiger partial charge in [-0.1, -0.05) is 23.7 Å². The summed E-state index contributed by atoms with van der Waals surface area (Å²) in [4.78, 5) is 12.0. The topological polar surface area (TPSA) is 47.6 Å². The third-order valence-electron chi connectivity index (χ3n) is 3.36. The van der Waals surface area contributed by atoms with Gasteiger partial charge in [0.05, 0.1) is 0 Å². The summed E-state index contributed by atoms with van der Waals surface area (Å²) in [5.41, 5.74) is 0.896. The fraction of sp³-hybridized carbons (Fsp3) is 0.278. The van der Waals surface area contributed by atoms with E-state index in [1.807, 2.05) is 0 Å². The van der Waals surface area contributed by atoms with E-state index in [0.717, 1.165) is 5.56 Å². The molecule has 1 unspecified atom stereocenters. The first-order valence-corrected chi connectivity index (χ1v) is 8.05. The number of ether oxygens (including phenoxy) is 2. The van der Waals surface area contributed by atoms with Crippen LogP contribution in [0.15, 0.2) is 48.5 Å². The van der Waals surface area contributed by atoms with Gasteiger partial charge in [0.25, 0.3) is 5.91 Å². The molecule has 134 valence electrons. The summed E-state index contributed by atoms with van der Waals surface area (Å²) >= 11 is 5.79. The van der Waals surface area contributed by atoms with Crippen molar-refractivity contribution in [1.29, 1.82) is 0 Å². The average Bonchev–Trinajstić information content (AvgIpc) is 2.58. The van der Waals surface area contributed by atoms with Gasteiger partial charge in [-0.05, 0) is 55.3 Å². The van der Waals surface area contributed by atoms with Crippen molar-refractivity contribution in [2.24, 2.45) is 0 Å². The van der Waals surface area contributed by atoms with Crippen LogP contribution in [-0.4, -0.2) is 25.2 Å². The van der Waals surface area contributed by atoms with Gasteiger partial charge in [0, 0.05) is 11.6 Å². The summed E-state index contributed by atoms with van der Waals surface area (Å²) < 4.78 is 34.0. The molecule has 2 rings (SSSR count). The first-order valence-electron chi connectivity index (χ1n) is 7.68. The van der Waals surface area contributed by atoms with Crippen LogP contribution < -0.4 is 14.8 Å². The number of amides is 1. The highest BCUT2D eigenvalue weighted by atomic mass is 35.5. The van der Waals surface area contributed by atoms with Crippen molar-refractivity contribution >= 4 is 17.5 Å². The predicted molar refractivity (Wildman–Crippen MR) is 91.3 cm³/mol. The third kappa shape index (κ3) is 6.58. The Hall–Kier alpha value is -2.34. The van der Waals surface area contributed by atoms with Gasteiger partial charge in [-0.3, -0.25) is 4.79 Å². The van der Waals surface area contributed by atoms with E-state index in [1.165, 1.54) is 12.1 Å². The van der Waals surface area contributed by atoms with Crippen molar-refractivity contribution in [3.8, 4) is 11.5 Å². The Balaban J connectivity index is 1.74. The van der Waals surface area contributed by atoms with Crippen molar-refractivity contribution in [2.45, 2.75) is 26.1 Å². The fourth-order valence-corrected chi connectivity index (χ4v) is 2.21. The van der Waals surface area contributed by atoms with Crippen molar-refractivity contribution in [1.82, 2.24) is 5.32 Å². The molecule has 0 bridgehead atoms. The van der Waals surface area contributed by atoms with Gasteiger partial charge in [0.2, 0.25) is 0 Å². The van der Waals surface area contributed by atoms with E-state index in [0.29, 0.717) is 23.7 Å². The van der Waals surface area contributed by atoms with Crippen molar-refractivity contribution in [2.75, 3.05) is 6.54 Å². The molecule has 25 heavy (non-hydrogen) atoms. The number of halogens is 3. The molecule has 7 heteroatoms. The Kier molecular flexibility index (Phi) is 7.01. The van der Waals surface area contributed by atoms with E-state index in [2.05, 4.69) is 10.1 Å². The molecular weight excluding hydrogens is 352 g/mol. The maximum atomic E-state index is 12.1. The zero-order valence-corrected chi connectivity index (χ0v) is 14.3. The Morgan fingerprint density at radius 2 is 1.60 bits per heavy atom. The number of hydrogen-bond acceptors (Lipinski definition) is 3. The number of nitrogens with one attached hydrogen (secondary N) is 1. The lowest BCUT2D eigenvalue weighted by atomic mass is 10.1. The number of carbonyl (C=O) groups excluding carboxylic acids is 1. The second kappa shape index (κ2) is 9.22. The molecule has 0 saturated carbocycles.